The number of hydrogen-bond donors (Lipinski definition) is 2. The van der Waals surface area contributed by atoms with Gasteiger partial charge in [-0.05, 0) is 66.7 Å². The van der Waals surface area contributed by atoms with Crippen LogP contribution in [0.5, 0.6) is 0 Å². The molecule has 0 spiro atoms. The second-order valence-corrected chi connectivity index (χ2v) is 9.59. The van der Waals surface area contributed by atoms with Crippen molar-refractivity contribution in [1.29, 1.82) is 0 Å². The second kappa shape index (κ2) is 11.2. The van der Waals surface area contributed by atoms with Gasteiger partial charge in [0.2, 0.25) is 0 Å². The molecule has 0 aliphatic carbocycles. The fraction of sp³-hybridized carbons (Fsp3) is 0. The van der Waals surface area contributed by atoms with Gasteiger partial charge >= 0.3 is 0 Å². The topological polar surface area (TPSA) is 122 Å². The van der Waals surface area contributed by atoms with Gasteiger partial charge in [0.05, 0.1) is 10.6 Å². The Morgan fingerprint density at radius 3 is 2.20 bits per heavy atom. The average molecular weight is 555 g/mol. The van der Waals surface area contributed by atoms with Gasteiger partial charge in [-0.3, -0.25) is 24.5 Å². The smallest absolute Gasteiger partial charge is 0.283 e. The molecule has 3 amide bonds. The highest BCUT2D eigenvalue weighted by molar-refractivity contribution is 8.04. The Morgan fingerprint density at radius 1 is 0.825 bits per heavy atom. The van der Waals surface area contributed by atoms with Crippen LogP contribution in [0.3, 0.4) is 0 Å². The molecule has 0 fully saturated rings. The number of thioether (sulfide) groups is 1. The number of non-ortho nitro benzene ring substituents is 1. The first-order valence-electron chi connectivity index (χ1n) is 11.8. The van der Waals surface area contributed by atoms with Crippen LogP contribution < -0.4 is 15.5 Å². The quantitative estimate of drug-likeness (QED) is 0.156. The maximum absolute atomic E-state index is 13.5. The van der Waals surface area contributed by atoms with Crippen molar-refractivity contribution in [2.45, 2.75) is 4.90 Å². The molecular formula is C29H19FN4O5S. The van der Waals surface area contributed by atoms with Crippen molar-refractivity contribution in [3.8, 4) is 0 Å². The third-order valence-electron chi connectivity index (χ3n) is 5.82. The van der Waals surface area contributed by atoms with E-state index in [0.717, 1.165) is 16.7 Å². The van der Waals surface area contributed by atoms with Gasteiger partial charge in [-0.1, -0.05) is 36.0 Å². The molecule has 0 saturated heterocycles. The largest absolute Gasteiger partial charge is 0.350 e. The Kier molecular flexibility index (Phi) is 7.38. The van der Waals surface area contributed by atoms with E-state index in [9.17, 15) is 28.9 Å². The van der Waals surface area contributed by atoms with Crippen LogP contribution in [0.25, 0.3) is 0 Å². The van der Waals surface area contributed by atoms with Crippen LogP contribution >= 0.6 is 11.8 Å². The molecule has 11 heteroatoms. The predicted octanol–water partition coefficient (Wildman–Crippen LogP) is 5.98. The molecule has 198 valence electrons. The molecule has 5 rings (SSSR count). The second-order valence-electron chi connectivity index (χ2n) is 8.51. The molecule has 0 atom stereocenters. The molecule has 9 nitrogen and oxygen atoms in total. The zero-order valence-corrected chi connectivity index (χ0v) is 21.4. The van der Waals surface area contributed by atoms with Crippen LogP contribution in [0.4, 0.5) is 27.1 Å². The number of nitro groups is 1. The Labute approximate surface area is 231 Å². The highest BCUT2D eigenvalue weighted by Gasteiger charge is 2.40. The van der Waals surface area contributed by atoms with E-state index in [4.69, 9.17) is 0 Å². The lowest BCUT2D eigenvalue weighted by Crippen LogP contribution is -2.32. The molecule has 0 aromatic heterocycles. The van der Waals surface area contributed by atoms with Crippen LogP contribution in [0, 0.1) is 15.9 Å². The SMILES string of the molecule is O=C(Nc1cccc(SC2=C(Nc3ccc(F)cc3)C(=O)N(c3ccccc3)C2=O)c1)c1ccc([N+](=O)[O-])cc1. The van der Waals surface area contributed by atoms with Crippen molar-refractivity contribution in [1.82, 2.24) is 0 Å². The minimum absolute atomic E-state index is 0.0331. The number of hydrogen-bond acceptors (Lipinski definition) is 7. The van der Waals surface area contributed by atoms with Crippen LogP contribution in [0.1, 0.15) is 10.4 Å². The van der Waals surface area contributed by atoms with E-state index in [2.05, 4.69) is 10.6 Å². The summed E-state index contributed by atoms with van der Waals surface area (Å²) in [5, 5.41) is 16.6. The zero-order valence-electron chi connectivity index (χ0n) is 20.5. The average Bonchev–Trinajstić information content (AvgIpc) is 3.18. The Bertz CT molecular complexity index is 1660. The molecule has 0 bridgehead atoms. The minimum atomic E-state index is -0.564. The van der Waals surface area contributed by atoms with Gasteiger partial charge in [0.1, 0.15) is 16.4 Å². The molecular weight excluding hydrogens is 535 g/mol. The molecule has 2 N–H and O–H groups in total. The lowest BCUT2D eigenvalue weighted by atomic mass is 10.2. The van der Waals surface area contributed by atoms with Crippen LogP contribution in [0.15, 0.2) is 119 Å². The van der Waals surface area contributed by atoms with Gasteiger partial charge in [-0.25, -0.2) is 9.29 Å². The van der Waals surface area contributed by atoms with E-state index >= 15 is 0 Å². The molecule has 0 saturated carbocycles. The molecule has 1 aliphatic rings. The van der Waals surface area contributed by atoms with E-state index < -0.39 is 28.5 Å². The summed E-state index contributed by atoms with van der Waals surface area (Å²) in [6.45, 7) is 0. The number of anilines is 3. The monoisotopic (exact) mass is 554 g/mol. The van der Waals surface area contributed by atoms with Crippen molar-refractivity contribution in [2.24, 2.45) is 0 Å². The molecule has 4 aromatic rings. The minimum Gasteiger partial charge on any atom is -0.350 e. The Hall–Kier alpha value is -5.29. The first kappa shape index (κ1) is 26.3. The number of nitrogens with zero attached hydrogens (tertiary/aromatic N) is 2. The van der Waals surface area contributed by atoms with Crippen molar-refractivity contribution >= 4 is 52.2 Å². The molecule has 0 unspecified atom stereocenters. The van der Waals surface area contributed by atoms with E-state index in [-0.39, 0.29) is 21.9 Å². The number of amides is 3. The number of rotatable bonds is 8. The van der Waals surface area contributed by atoms with Crippen LogP contribution in [-0.4, -0.2) is 22.6 Å². The van der Waals surface area contributed by atoms with Crippen molar-refractivity contribution in [3.63, 3.8) is 0 Å². The van der Waals surface area contributed by atoms with E-state index in [0.29, 0.717) is 22.0 Å². The number of nitrogens with one attached hydrogen (secondary N) is 2. The van der Waals surface area contributed by atoms with Crippen LogP contribution in [-0.2, 0) is 9.59 Å². The van der Waals surface area contributed by atoms with Gasteiger partial charge in [-0.15, -0.1) is 0 Å². The molecule has 40 heavy (non-hydrogen) atoms. The third-order valence-corrected chi connectivity index (χ3v) is 6.89. The number of halogens is 1. The van der Waals surface area contributed by atoms with Gasteiger partial charge < -0.3 is 10.6 Å². The Balaban J connectivity index is 1.42. The van der Waals surface area contributed by atoms with E-state index in [1.807, 2.05) is 0 Å². The normalized spacial score (nSPS) is 13.0. The summed E-state index contributed by atoms with van der Waals surface area (Å²) < 4.78 is 13.4. The highest BCUT2D eigenvalue weighted by atomic mass is 32.2. The van der Waals surface area contributed by atoms with Crippen molar-refractivity contribution < 1.29 is 23.7 Å². The number of carbonyl (C=O) groups excluding carboxylic acids is 3. The summed E-state index contributed by atoms with van der Waals surface area (Å²) in [7, 11) is 0. The molecule has 4 aromatic carbocycles. The molecule has 1 aliphatic heterocycles. The summed E-state index contributed by atoms with van der Waals surface area (Å²) in [5.74, 6) is -2.02. The number of para-hydroxylation sites is 1. The third kappa shape index (κ3) is 5.59. The fourth-order valence-corrected chi connectivity index (χ4v) is 4.88. The predicted molar refractivity (Wildman–Crippen MR) is 149 cm³/mol. The number of carbonyl (C=O) groups is 3. The lowest BCUT2D eigenvalue weighted by molar-refractivity contribution is -0.384. The molecule has 1 heterocycles. The standard InChI is InChI=1S/C29H19FN4O5S/c30-19-11-13-20(14-12-19)31-25-26(29(37)33(28(25)36)22-6-2-1-3-7-22)40-24-8-4-5-21(17-24)32-27(35)18-9-15-23(16-10-18)34(38)39/h1-17,31H,(H,32,35). The number of benzene rings is 4. The lowest BCUT2D eigenvalue weighted by Gasteiger charge is -2.15. The highest BCUT2D eigenvalue weighted by Crippen LogP contribution is 2.38. The van der Waals surface area contributed by atoms with Gasteiger partial charge in [0, 0.05) is 34.0 Å². The number of imide groups is 1. The van der Waals surface area contributed by atoms with Crippen molar-refractivity contribution in [3.05, 3.63) is 135 Å². The fourth-order valence-electron chi connectivity index (χ4n) is 3.90. The van der Waals surface area contributed by atoms with Gasteiger partial charge in [0.15, 0.2) is 0 Å². The maximum Gasteiger partial charge on any atom is 0.283 e. The summed E-state index contributed by atoms with van der Waals surface area (Å²) in [5.41, 5.74) is 1.37. The van der Waals surface area contributed by atoms with E-state index in [1.165, 1.54) is 48.5 Å². The zero-order chi connectivity index (χ0) is 28.2. The summed E-state index contributed by atoms with van der Waals surface area (Å²) in [6, 6.07) is 25.8. The van der Waals surface area contributed by atoms with Gasteiger partial charge in [0.25, 0.3) is 23.4 Å². The number of nitro benzene ring substituents is 1. The van der Waals surface area contributed by atoms with Crippen molar-refractivity contribution in [2.75, 3.05) is 15.5 Å². The van der Waals surface area contributed by atoms with Crippen LogP contribution in [0.2, 0.25) is 0 Å². The summed E-state index contributed by atoms with van der Waals surface area (Å²) in [4.78, 5) is 51.7. The van der Waals surface area contributed by atoms with Gasteiger partial charge in [-0.2, -0.15) is 0 Å². The maximum atomic E-state index is 13.5. The summed E-state index contributed by atoms with van der Waals surface area (Å²) in [6.07, 6.45) is 0. The first-order chi connectivity index (χ1) is 19.3. The molecule has 0 radical (unpaired) electrons. The Morgan fingerprint density at radius 2 is 1.52 bits per heavy atom. The summed E-state index contributed by atoms with van der Waals surface area (Å²) >= 11 is 1.04. The first-order valence-corrected chi connectivity index (χ1v) is 12.7. The van der Waals surface area contributed by atoms with E-state index in [1.54, 1.807) is 54.6 Å².